The highest BCUT2D eigenvalue weighted by Crippen LogP contribution is 2.44. The van der Waals surface area contributed by atoms with Gasteiger partial charge in [-0.05, 0) is 49.9 Å². The number of carbonyl (C=O) groups is 1. The maximum Gasteiger partial charge on any atom is 0.231 e. The van der Waals surface area contributed by atoms with Crippen molar-refractivity contribution in [3.05, 3.63) is 60.1 Å². The van der Waals surface area contributed by atoms with Crippen LogP contribution in [-0.2, 0) is 11.2 Å². The molecule has 0 spiro atoms. The fraction of sp³-hybridized carbons (Fsp3) is 0.519. The third-order valence-electron chi connectivity index (χ3n) is 7.38. The second kappa shape index (κ2) is 11.3. The van der Waals surface area contributed by atoms with Crippen LogP contribution < -0.4 is 4.90 Å². The second-order valence-corrected chi connectivity index (χ2v) is 12.2. The second-order valence-electron chi connectivity index (χ2n) is 10.1. The molecule has 1 aromatic carbocycles. The summed E-state index contributed by atoms with van der Waals surface area (Å²) in [5.74, 6) is 1.28. The molecular weight excluding hydrogens is 474 g/mol. The Morgan fingerprint density at radius 2 is 1.92 bits per heavy atom. The van der Waals surface area contributed by atoms with Crippen molar-refractivity contribution in [2.24, 2.45) is 0 Å². The van der Waals surface area contributed by atoms with Gasteiger partial charge in [-0.25, -0.2) is 9.97 Å². The van der Waals surface area contributed by atoms with Gasteiger partial charge in [-0.3, -0.25) is 13.9 Å². The Labute approximate surface area is 216 Å². The van der Waals surface area contributed by atoms with E-state index in [1.807, 2.05) is 30.2 Å². The van der Waals surface area contributed by atoms with Gasteiger partial charge in [0.25, 0.3) is 0 Å². The van der Waals surface area contributed by atoms with Crippen molar-refractivity contribution in [1.29, 1.82) is 0 Å². The average molecular weight is 514 g/mol. The highest BCUT2D eigenvalue weighted by atomic mass is 32.3. The number of benzene rings is 1. The Kier molecular flexibility index (Phi) is 8.34. The molecule has 2 N–H and O–H groups in total. The van der Waals surface area contributed by atoms with Crippen LogP contribution >= 0.6 is 10.6 Å². The van der Waals surface area contributed by atoms with E-state index in [0.717, 1.165) is 50.3 Å². The summed E-state index contributed by atoms with van der Waals surface area (Å²) in [5, 5.41) is 0. The number of likely N-dealkylation sites (N-methyl/N-ethyl adjacent to an activating group) is 1. The Balaban J connectivity index is 1.49. The van der Waals surface area contributed by atoms with E-state index >= 15 is 0 Å². The number of aryl methyl sites for hydroxylation is 1. The van der Waals surface area contributed by atoms with Crippen molar-refractivity contribution in [3.8, 4) is 0 Å². The molecule has 36 heavy (non-hydrogen) atoms. The molecule has 2 aliphatic rings. The lowest BCUT2D eigenvalue weighted by molar-refractivity contribution is -0.133. The number of fused-ring (bicyclic) bond motifs is 1. The number of anilines is 1. The average Bonchev–Trinajstić information content (AvgIpc) is 3.26. The molecule has 0 bridgehead atoms. The summed E-state index contributed by atoms with van der Waals surface area (Å²) < 4.78 is 20.0. The molecule has 4 rings (SSSR count). The Morgan fingerprint density at radius 3 is 2.56 bits per heavy atom. The van der Waals surface area contributed by atoms with Gasteiger partial charge in [0.05, 0.1) is 10.8 Å². The highest BCUT2D eigenvalue weighted by Gasteiger charge is 2.32. The molecule has 0 saturated carbocycles. The van der Waals surface area contributed by atoms with Crippen LogP contribution in [0.5, 0.6) is 0 Å². The van der Waals surface area contributed by atoms with Crippen LogP contribution in [0.15, 0.2) is 48.1 Å². The van der Waals surface area contributed by atoms with Crippen molar-refractivity contribution in [2.45, 2.75) is 42.9 Å². The molecule has 1 saturated heterocycles. The molecule has 2 unspecified atom stereocenters. The largest absolute Gasteiger partial charge is 0.353 e. The monoisotopic (exact) mass is 513 g/mol. The minimum absolute atomic E-state index is 0.109. The highest BCUT2D eigenvalue weighted by molar-refractivity contribution is 8.23. The Morgan fingerprint density at radius 1 is 1.22 bits per heavy atom. The zero-order chi connectivity index (χ0) is 25.9. The number of rotatable bonds is 9. The maximum atomic E-state index is 13.8. The van der Waals surface area contributed by atoms with Crippen LogP contribution in [-0.4, -0.2) is 87.4 Å². The van der Waals surface area contributed by atoms with Crippen molar-refractivity contribution >= 4 is 22.3 Å². The molecule has 2 atom stereocenters. The molecule has 1 fully saturated rings. The van der Waals surface area contributed by atoms with Gasteiger partial charge in [-0.1, -0.05) is 25.1 Å². The number of aromatic nitrogens is 2. The van der Waals surface area contributed by atoms with Crippen LogP contribution in [0.4, 0.5) is 5.82 Å². The Hall–Kier alpha value is -2.46. The lowest BCUT2D eigenvalue weighted by atomic mass is 9.96. The van der Waals surface area contributed by atoms with Crippen molar-refractivity contribution in [2.75, 3.05) is 57.5 Å². The van der Waals surface area contributed by atoms with Crippen molar-refractivity contribution in [3.63, 3.8) is 0 Å². The summed E-state index contributed by atoms with van der Waals surface area (Å²) in [5.41, 5.74) is 3.34. The number of amides is 1. The first kappa shape index (κ1) is 26.6. The van der Waals surface area contributed by atoms with E-state index in [1.165, 1.54) is 17.5 Å². The van der Waals surface area contributed by atoms with Gasteiger partial charge in [0, 0.05) is 56.8 Å². The zero-order valence-corrected chi connectivity index (χ0v) is 22.5. The van der Waals surface area contributed by atoms with Crippen LogP contribution in [0.2, 0.25) is 0 Å². The molecule has 9 heteroatoms. The van der Waals surface area contributed by atoms with Gasteiger partial charge in [0.1, 0.15) is 12.1 Å². The number of carbonyl (C=O) groups excluding carboxylic acids is 1. The first-order valence-corrected chi connectivity index (χ1v) is 14.6. The molecule has 1 aliphatic heterocycles. The van der Waals surface area contributed by atoms with Gasteiger partial charge in [-0.2, -0.15) is 10.6 Å². The quantitative estimate of drug-likeness (QED) is 0.485. The Bertz CT molecular complexity index is 1060. The van der Waals surface area contributed by atoms with Gasteiger partial charge in [0.2, 0.25) is 5.91 Å². The number of piperazine rings is 1. The molecule has 2 heterocycles. The van der Waals surface area contributed by atoms with Gasteiger partial charge >= 0.3 is 0 Å². The smallest absolute Gasteiger partial charge is 0.231 e. The first-order chi connectivity index (χ1) is 17.2. The predicted molar refractivity (Wildman–Crippen MR) is 146 cm³/mol. The van der Waals surface area contributed by atoms with Gasteiger partial charge in [0.15, 0.2) is 0 Å². The van der Waals surface area contributed by atoms with Crippen molar-refractivity contribution in [1.82, 2.24) is 19.8 Å². The summed E-state index contributed by atoms with van der Waals surface area (Å²) in [6.07, 6.45) is 7.96. The number of hydrogen-bond donors (Lipinski definition) is 2. The first-order valence-electron chi connectivity index (χ1n) is 12.7. The summed E-state index contributed by atoms with van der Waals surface area (Å²) in [6.45, 7) is 10.3. The minimum Gasteiger partial charge on any atom is -0.353 e. The maximum absolute atomic E-state index is 13.8. The minimum atomic E-state index is -2.79. The van der Waals surface area contributed by atoms with E-state index in [1.54, 1.807) is 18.5 Å². The fourth-order valence-corrected chi connectivity index (χ4v) is 5.88. The lowest BCUT2D eigenvalue weighted by Gasteiger charge is -2.38. The van der Waals surface area contributed by atoms with E-state index in [2.05, 4.69) is 33.3 Å². The molecule has 2 aromatic rings. The summed E-state index contributed by atoms with van der Waals surface area (Å²) in [4.78, 5) is 29.9. The SMILES string of the molecule is C=CCCN(C)CC(C(=O)N1CCN(c2ncnc3c2C(C)CC3)CC1)c1ccc(S(C)(O)O)cc1. The van der Waals surface area contributed by atoms with Crippen LogP contribution in [0.3, 0.4) is 0 Å². The van der Waals surface area contributed by atoms with Gasteiger partial charge < -0.3 is 14.7 Å². The van der Waals surface area contributed by atoms with E-state index in [-0.39, 0.29) is 11.8 Å². The lowest BCUT2D eigenvalue weighted by Crippen LogP contribution is -2.51. The zero-order valence-electron chi connectivity index (χ0n) is 21.6. The fourth-order valence-electron chi connectivity index (χ4n) is 5.23. The molecule has 1 aliphatic carbocycles. The molecular formula is C27H39N5O3S. The molecule has 1 aromatic heterocycles. The molecule has 1 amide bonds. The van der Waals surface area contributed by atoms with E-state index in [4.69, 9.17) is 0 Å². The number of hydrogen-bond acceptors (Lipinski definition) is 7. The summed E-state index contributed by atoms with van der Waals surface area (Å²) in [6, 6.07) is 7.17. The standard InChI is InChI=1S/C27H39N5O3S/c1-5-6-13-30(3)18-23(21-8-10-22(11-9-21)36(4,34)35)27(33)32-16-14-31(15-17-32)26-25-20(2)7-12-24(25)28-19-29-26/h5,8-11,19-20,23,34-35H,1,6-7,12-18H2,2-4H3. The number of nitrogens with zero attached hydrogens (tertiary/aromatic N) is 5. The molecule has 196 valence electrons. The van der Waals surface area contributed by atoms with Crippen molar-refractivity contribution < 1.29 is 13.9 Å². The van der Waals surface area contributed by atoms with E-state index in [0.29, 0.717) is 30.4 Å². The van der Waals surface area contributed by atoms with Crippen LogP contribution in [0, 0.1) is 0 Å². The van der Waals surface area contributed by atoms with Crippen LogP contribution in [0.25, 0.3) is 0 Å². The van der Waals surface area contributed by atoms with Crippen LogP contribution in [0.1, 0.15) is 48.4 Å². The van der Waals surface area contributed by atoms with E-state index in [9.17, 15) is 13.9 Å². The third-order valence-corrected chi connectivity index (χ3v) is 8.54. The third kappa shape index (κ3) is 5.91. The van der Waals surface area contributed by atoms with Gasteiger partial charge in [-0.15, -0.1) is 6.58 Å². The summed E-state index contributed by atoms with van der Waals surface area (Å²) >= 11 is 0. The topological polar surface area (TPSA) is 93.0 Å². The molecule has 0 radical (unpaired) electrons. The normalized spacial score (nSPS) is 19.3. The van der Waals surface area contributed by atoms with E-state index < -0.39 is 10.6 Å². The summed E-state index contributed by atoms with van der Waals surface area (Å²) in [7, 11) is -0.771. The molecule has 8 nitrogen and oxygen atoms in total. The predicted octanol–water partition coefficient (Wildman–Crippen LogP) is 4.21.